The van der Waals surface area contributed by atoms with E-state index in [1.807, 2.05) is 0 Å². The van der Waals surface area contributed by atoms with Gasteiger partial charge in [0, 0.05) is 6.54 Å². The van der Waals surface area contributed by atoms with Crippen molar-refractivity contribution in [2.45, 2.75) is 44.9 Å². The molecule has 0 aromatic rings. The molecule has 3 nitrogen and oxygen atoms in total. The molecule has 2 saturated carbocycles. The summed E-state index contributed by atoms with van der Waals surface area (Å²) in [4.78, 5) is 12.3. The number of carbonyl (C=O) groups is 1. The largest absolute Gasteiger partial charge is 0.392 e. The minimum absolute atomic E-state index is 0.0607. The average Bonchev–Trinajstić information content (AvgIpc) is 3.08. The molecule has 2 aliphatic rings. The molecule has 0 aromatic carbocycles. The fourth-order valence-corrected chi connectivity index (χ4v) is 2.80. The standard InChI is InChI=1S/C12H20N2OS/c13-10(16)12(6-7-12)11(15)14-8-9-4-2-1-3-5-9/h9H,1-8H2,(H2,13,16)(H,14,15). The number of amides is 1. The quantitative estimate of drug-likeness (QED) is 0.736. The molecule has 2 fully saturated rings. The molecule has 2 rings (SSSR count). The minimum Gasteiger partial charge on any atom is -0.392 e. The van der Waals surface area contributed by atoms with E-state index in [1.54, 1.807) is 0 Å². The Morgan fingerprint density at radius 1 is 1.31 bits per heavy atom. The van der Waals surface area contributed by atoms with Gasteiger partial charge in [-0.1, -0.05) is 31.5 Å². The maximum absolute atomic E-state index is 11.9. The molecule has 0 aromatic heterocycles. The van der Waals surface area contributed by atoms with Crippen LogP contribution < -0.4 is 11.1 Å². The van der Waals surface area contributed by atoms with E-state index in [0.29, 0.717) is 10.9 Å². The molecular weight excluding hydrogens is 220 g/mol. The van der Waals surface area contributed by atoms with Crippen LogP contribution >= 0.6 is 12.2 Å². The molecule has 0 bridgehead atoms. The second kappa shape index (κ2) is 4.70. The van der Waals surface area contributed by atoms with Gasteiger partial charge in [-0.3, -0.25) is 4.79 Å². The van der Waals surface area contributed by atoms with E-state index < -0.39 is 5.41 Å². The Labute approximate surface area is 102 Å². The van der Waals surface area contributed by atoms with Gasteiger partial charge in [0.2, 0.25) is 5.91 Å². The summed E-state index contributed by atoms with van der Waals surface area (Å²) in [6.07, 6.45) is 8.13. The zero-order valence-corrected chi connectivity index (χ0v) is 10.4. The van der Waals surface area contributed by atoms with Crippen molar-refractivity contribution in [1.82, 2.24) is 5.32 Å². The van der Waals surface area contributed by atoms with Crippen molar-refractivity contribution < 1.29 is 4.79 Å². The predicted molar refractivity (Wildman–Crippen MR) is 68.0 cm³/mol. The molecule has 0 heterocycles. The lowest BCUT2D eigenvalue weighted by atomic mass is 9.89. The summed E-state index contributed by atoms with van der Waals surface area (Å²) in [5.74, 6) is 0.727. The molecular formula is C12H20N2OS. The zero-order chi connectivity index (χ0) is 11.6. The van der Waals surface area contributed by atoms with Gasteiger partial charge in [-0.2, -0.15) is 0 Å². The number of hydrogen-bond donors (Lipinski definition) is 2. The first-order chi connectivity index (χ1) is 7.65. The van der Waals surface area contributed by atoms with E-state index in [2.05, 4.69) is 5.32 Å². The van der Waals surface area contributed by atoms with Crippen LogP contribution in [0.15, 0.2) is 0 Å². The fraction of sp³-hybridized carbons (Fsp3) is 0.833. The first kappa shape index (κ1) is 11.8. The van der Waals surface area contributed by atoms with Gasteiger partial charge in [0.1, 0.15) is 0 Å². The first-order valence-corrected chi connectivity index (χ1v) is 6.64. The highest BCUT2D eigenvalue weighted by atomic mass is 32.1. The molecule has 0 radical (unpaired) electrons. The van der Waals surface area contributed by atoms with Crippen molar-refractivity contribution in [1.29, 1.82) is 0 Å². The van der Waals surface area contributed by atoms with Crippen molar-refractivity contribution in [2.75, 3.05) is 6.54 Å². The van der Waals surface area contributed by atoms with Crippen LogP contribution in [0.25, 0.3) is 0 Å². The molecule has 0 unspecified atom stereocenters. The van der Waals surface area contributed by atoms with Crippen LogP contribution in [0.4, 0.5) is 0 Å². The number of rotatable bonds is 4. The molecule has 2 aliphatic carbocycles. The molecule has 16 heavy (non-hydrogen) atoms. The number of nitrogens with one attached hydrogen (secondary N) is 1. The van der Waals surface area contributed by atoms with Crippen molar-refractivity contribution in [3.8, 4) is 0 Å². The van der Waals surface area contributed by atoms with Crippen molar-refractivity contribution in [3.05, 3.63) is 0 Å². The second-order valence-corrected chi connectivity index (χ2v) is 5.60. The molecule has 0 atom stereocenters. The zero-order valence-electron chi connectivity index (χ0n) is 9.63. The van der Waals surface area contributed by atoms with Crippen molar-refractivity contribution in [3.63, 3.8) is 0 Å². The van der Waals surface area contributed by atoms with Crippen LogP contribution in [-0.2, 0) is 4.79 Å². The molecule has 4 heteroatoms. The Balaban J connectivity index is 1.77. The van der Waals surface area contributed by atoms with Gasteiger partial charge in [-0.15, -0.1) is 0 Å². The van der Waals surface area contributed by atoms with Crippen LogP contribution in [0.1, 0.15) is 44.9 Å². The van der Waals surface area contributed by atoms with Crippen LogP contribution in [0.5, 0.6) is 0 Å². The maximum atomic E-state index is 11.9. The van der Waals surface area contributed by atoms with Crippen LogP contribution in [-0.4, -0.2) is 17.4 Å². The van der Waals surface area contributed by atoms with Gasteiger partial charge in [0.05, 0.1) is 10.4 Å². The third-order valence-corrected chi connectivity index (χ3v) is 4.32. The summed E-state index contributed by atoms with van der Waals surface area (Å²) >= 11 is 4.96. The molecule has 1 amide bonds. The molecule has 0 aliphatic heterocycles. The summed E-state index contributed by atoms with van der Waals surface area (Å²) in [7, 11) is 0. The maximum Gasteiger partial charge on any atom is 0.233 e. The van der Waals surface area contributed by atoms with Crippen LogP contribution in [0, 0.1) is 11.3 Å². The van der Waals surface area contributed by atoms with E-state index >= 15 is 0 Å². The van der Waals surface area contributed by atoms with E-state index in [-0.39, 0.29) is 5.91 Å². The summed E-state index contributed by atoms with van der Waals surface area (Å²) < 4.78 is 0. The summed E-state index contributed by atoms with van der Waals surface area (Å²) in [5, 5.41) is 3.03. The Morgan fingerprint density at radius 2 is 1.94 bits per heavy atom. The lowest BCUT2D eigenvalue weighted by Gasteiger charge is -2.23. The topological polar surface area (TPSA) is 55.1 Å². The van der Waals surface area contributed by atoms with Gasteiger partial charge < -0.3 is 11.1 Å². The lowest BCUT2D eigenvalue weighted by molar-refractivity contribution is -0.124. The normalized spacial score (nSPS) is 23.8. The van der Waals surface area contributed by atoms with E-state index in [9.17, 15) is 4.79 Å². The highest BCUT2D eigenvalue weighted by Gasteiger charge is 2.52. The predicted octanol–water partition coefficient (Wildman–Crippen LogP) is 1.75. The highest BCUT2D eigenvalue weighted by Crippen LogP contribution is 2.46. The number of carbonyl (C=O) groups excluding carboxylic acids is 1. The summed E-state index contributed by atoms with van der Waals surface area (Å²) in [5.41, 5.74) is 5.13. The third-order valence-electron chi connectivity index (χ3n) is 3.93. The molecule has 0 spiro atoms. The Hall–Kier alpha value is -0.640. The van der Waals surface area contributed by atoms with Gasteiger partial charge in [-0.25, -0.2) is 0 Å². The SMILES string of the molecule is NC(=S)C1(C(=O)NCC2CCCCC2)CC1. The van der Waals surface area contributed by atoms with Gasteiger partial charge in [0.25, 0.3) is 0 Å². The average molecular weight is 240 g/mol. The van der Waals surface area contributed by atoms with Crippen molar-refractivity contribution >= 4 is 23.1 Å². The second-order valence-electron chi connectivity index (χ2n) is 5.16. The number of thiocarbonyl (C=S) groups is 1. The smallest absolute Gasteiger partial charge is 0.233 e. The monoisotopic (exact) mass is 240 g/mol. The van der Waals surface area contributed by atoms with E-state index in [1.165, 1.54) is 32.1 Å². The van der Waals surface area contributed by atoms with E-state index in [0.717, 1.165) is 19.4 Å². The fourth-order valence-electron chi connectivity index (χ4n) is 2.51. The van der Waals surface area contributed by atoms with Gasteiger partial charge in [-0.05, 0) is 31.6 Å². The van der Waals surface area contributed by atoms with Crippen LogP contribution in [0.2, 0.25) is 0 Å². The van der Waals surface area contributed by atoms with Crippen LogP contribution in [0.3, 0.4) is 0 Å². The first-order valence-electron chi connectivity index (χ1n) is 6.23. The molecule has 3 N–H and O–H groups in total. The van der Waals surface area contributed by atoms with Gasteiger partial charge in [0.15, 0.2) is 0 Å². The third kappa shape index (κ3) is 2.37. The molecule has 0 saturated heterocycles. The lowest BCUT2D eigenvalue weighted by Crippen LogP contribution is -2.41. The summed E-state index contributed by atoms with van der Waals surface area (Å²) in [6.45, 7) is 0.809. The Morgan fingerprint density at radius 3 is 2.44 bits per heavy atom. The van der Waals surface area contributed by atoms with Gasteiger partial charge >= 0.3 is 0 Å². The minimum atomic E-state index is -0.482. The number of hydrogen-bond acceptors (Lipinski definition) is 2. The Bertz CT molecular complexity index is 293. The molecule has 90 valence electrons. The number of nitrogens with two attached hydrogens (primary N) is 1. The highest BCUT2D eigenvalue weighted by molar-refractivity contribution is 7.80. The van der Waals surface area contributed by atoms with Crippen molar-refractivity contribution in [2.24, 2.45) is 17.1 Å². The Kier molecular flexibility index (Phi) is 3.47. The summed E-state index contributed by atoms with van der Waals surface area (Å²) in [6, 6.07) is 0. The van der Waals surface area contributed by atoms with E-state index in [4.69, 9.17) is 18.0 Å².